The van der Waals surface area contributed by atoms with Crippen LogP contribution in [0.5, 0.6) is 11.5 Å². The Morgan fingerprint density at radius 3 is 1.89 bits per heavy atom. The second-order valence-corrected chi connectivity index (χ2v) is 10.3. The summed E-state index contributed by atoms with van der Waals surface area (Å²) in [5.41, 5.74) is 6.35. The van der Waals surface area contributed by atoms with Crippen LogP contribution in [0.1, 0.15) is 101 Å². The number of hydrogen-bond acceptors (Lipinski definition) is 2. The van der Waals surface area contributed by atoms with Gasteiger partial charge in [-0.25, -0.2) is 0 Å². The van der Waals surface area contributed by atoms with Gasteiger partial charge >= 0.3 is 0 Å². The van der Waals surface area contributed by atoms with Crippen molar-refractivity contribution in [3.8, 4) is 11.5 Å². The first-order valence-electron chi connectivity index (χ1n) is 10.4. The van der Waals surface area contributed by atoms with Gasteiger partial charge in [-0.05, 0) is 71.0 Å². The van der Waals surface area contributed by atoms with Crippen molar-refractivity contribution in [2.75, 3.05) is 0 Å². The van der Waals surface area contributed by atoms with Gasteiger partial charge < -0.3 is 10.2 Å². The topological polar surface area (TPSA) is 40.5 Å². The summed E-state index contributed by atoms with van der Waals surface area (Å²) >= 11 is 0. The summed E-state index contributed by atoms with van der Waals surface area (Å²) in [4.78, 5) is 0. The second-order valence-electron chi connectivity index (χ2n) is 10.3. The molecule has 1 unspecified atom stereocenters. The molecule has 0 spiro atoms. The van der Waals surface area contributed by atoms with Crippen molar-refractivity contribution in [1.82, 2.24) is 0 Å². The highest BCUT2D eigenvalue weighted by molar-refractivity contribution is 5.54. The minimum absolute atomic E-state index is 0.134. The van der Waals surface area contributed by atoms with Crippen molar-refractivity contribution in [2.24, 2.45) is 0 Å². The molecule has 2 N–H and O–H groups in total. The lowest BCUT2D eigenvalue weighted by Gasteiger charge is -2.31. The van der Waals surface area contributed by atoms with Gasteiger partial charge in [0.2, 0.25) is 0 Å². The van der Waals surface area contributed by atoms with E-state index in [-0.39, 0.29) is 16.7 Å². The van der Waals surface area contributed by atoms with E-state index in [2.05, 4.69) is 67.5 Å². The Labute approximate surface area is 171 Å². The van der Waals surface area contributed by atoms with Crippen LogP contribution in [-0.4, -0.2) is 10.2 Å². The van der Waals surface area contributed by atoms with E-state index in [9.17, 15) is 10.2 Å². The van der Waals surface area contributed by atoms with Gasteiger partial charge in [0.05, 0.1) is 0 Å². The van der Waals surface area contributed by atoms with Crippen molar-refractivity contribution in [3.05, 3.63) is 57.6 Å². The van der Waals surface area contributed by atoms with Crippen LogP contribution in [0.4, 0.5) is 0 Å². The molecule has 0 aromatic heterocycles. The van der Waals surface area contributed by atoms with Crippen LogP contribution in [0.2, 0.25) is 0 Å². The fourth-order valence-electron chi connectivity index (χ4n) is 4.34. The molecule has 0 saturated carbocycles. The third-order valence-electron chi connectivity index (χ3n) is 5.56. The highest BCUT2D eigenvalue weighted by Gasteiger charge is 2.29. The summed E-state index contributed by atoms with van der Waals surface area (Å²) in [6.45, 7) is 19.2. The summed E-state index contributed by atoms with van der Waals surface area (Å²) in [6.07, 6.45) is 2.05. The monoisotopic (exact) mass is 382 g/mol. The zero-order valence-electron chi connectivity index (χ0n) is 19.2. The molecular formula is C26H38O2. The van der Waals surface area contributed by atoms with Gasteiger partial charge in [0.15, 0.2) is 0 Å². The predicted octanol–water partition coefficient (Wildman–Crippen LogP) is 7.24. The standard InChI is InChI=1S/C26H38O2/c1-10-11-18(19-15-21(25(4,5)6)22(27)14-17(19)3)20-12-16(2)13-23(28)24(20)26(7,8)9/h12-15,18,27-28H,10-11H2,1-9H3. The first-order chi connectivity index (χ1) is 12.8. The molecule has 0 bridgehead atoms. The van der Waals surface area contributed by atoms with E-state index in [4.69, 9.17) is 0 Å². The Hall–Kier alpha value is -1.96. The van der Waals surface area contributed by atoms with Crippen molar-refractivity contribution in [1.29, 1.82) is 0 Å². The highest BCUT2D eigenvalue weighted by atomic mass is 16.3. The van der Waals surface area contributed by atoms with Crippen molar-refractivity contribution in [2.45, 2.75) is 91.9 Å². The molecule has 154 valence electrons. The molecule has 0 heterocycles. The first-order valence-corrected chi connectivity index (χ1v) is 10.4. The third-order valence-corrected chi connectivity index (χ3v) is 5.56. The van der Waals surface area contributed by atoms with Crippen LogP contribution >= 0.6 is 0 Å². The van der Waals surface area contributed by atoms with Crippen LogP contribution in [0.15, 0.2) is 24.3 Å². The number of hydrogen-bond donors (Lipinski definition) is 2. The number of rotatable bonds is 4. The predicted molar refractivity (Wildman–Crippen MR) is 120 cm³/mol. The normalized spacial score (nSPS) is 13.6. The molecule has 0 radical (unpaired) electrons. The minimum atomic E-state index is -0.156. The molecule has 2 aromatic carbocycles. The van der Waals surface area contributed by atoms with Gasteiger partial charge in [-0.3, -0.25) is 0 Å². The van der Waals surface area contributed by atoms with E-state index in [1.807, 2.05) is 19.1 Å². The average Bonchev–Trinajstić information content (AvgIpc) is 2.49. The summed E-state index contributed by atoms with van der Waals surface area (Å²) in [5.74, 6) is 0.940. The third kappa shape index (κ3) is 4.54. The number of aryl methyl sites for hydroxylation is 2. The summed E-state index contributed by atoms with van der Waals surface area (Å²) in [5, 5.41) is 21.4. The number of phenols is 2. The van der Waals surface area contributed by atoms with E-state index in [1.54, 1.807) is 0 Å². The van der Waals surface area contributed by atoms with Crippen molar-refractivity contribution < 1.29 is 10.2 Å². The van der Waals surface area contributed by atoms with Crippen LogP contribution in [0, 0.1) is 13.8 Å². The van der Waals surface area contributed by atoms with Gasteiger partial charge in [0.1, 0.15) is 11.5 Å². The molecule has 2 rings (SSSR count). The number of benzene rings is 2. The van der Waals surface area contributed by atoms with Crippen LogP contribution in [0.25, 0.3) is 0 Å². The lowest BCUT2D eigenvalue weighted by Crippen LogP contribution is -2.19. The van der Waals surface area contributed by atoms with Crippen LogP contribution in [-0.2, 0) is 10.8 Å². The van der Waals surface area contributed by atoms with E-state index >= 15 is 0 Å². The molecule has 28 heavy (non-hydrogen) atoms. The fourth-order valence-corrected chi connectivity index (χ4v) is 4.34. The van der Waals surface area contributed by atoms with Crippen molar-refractivity contribution in [3.63, 3.8) is 0 Å². The Morgan fingerprint density at radius 2 is 1.39 bits per heavy atom. The first kappa shape index (κ1) is 22.3. The van der Waals surface area contributed by atoms with Gasteiger partial charge in [-0.15, -0.1) is 0 Å². The molecular weight excluding hydrogens is 344 g/mol. The molecule has 1 atom stereocenters. The van der Waals surface area contributed by atoms with Gasteiger partial charge in [0.25, 0.3) is 0 Å². The molecule has 2 nitrogen and oxygen atoms in total. The van der Waals surface area contributed by atoms with E-state index < -0.39 is 0 Å². The van der Waals surface area contributed by atoms with E-state index in [0.29, 0.717) is 11.5 Å². The number of aromatic hydroxyl groups is 2. The Balaban J connectivity index is 2.82. The molecule has 0 fully saturated rings. The summed E-state index contributed by atoms with van der Waals surface area (Å²) < 4.78 is 0. The Kier molecular flexibility index (Phi) is 6.23. The molecule has 0 aliphatic rings. The molecule has 0 amide bonds. The molecule has 0 aliphatic heterocycles. The van der Waals surface area contributed by atoms with Gasteiger partial charge in [0, 0.05) is 11.5 Å². The molecule has 2 heteroatoms. The van der Waals surface area contributed by atoms with E-state index in [0.717, 1.165) is 35.1 Å². The van der Waals surface area contributed by atoms with Crippen LogP contribution < -0.4 is 0 Å². The Bertz CT molecular complexity index is 848. The summed E-state index contributed by atoms with van der Waals surface area (Å²) in [6, 6.07) is 8.21. The van der Waals surface area contributed by atoms with Crippen molar-refractivity contribution >= 4 is 0 Å². The van der Waals surface area contributed by atoms with Crippen LogP contribution in [0.3, 0.4) is 0 Å². The van der Waals surface area contributed by atoms with Gasteiger partial charge in [-0.1, -0.05) is 67.0 Å². The average molecular weight is 383 g/mol. The molecule has 2 aromatic rings. The quantitative estimate of drug-likeness (QED) is 0.585. The van der Waals surface area contributed by atoms with Gasteiger partial charge in [-0.2, -0.15) is 0 Å². The maximum atomic E-state index is 10.8. The maximum Gasteiger partial charge on any atom is 0.119 e. The SMILES string of the molecule is CCCC(c1cc(C(C)(C)C)c(O)cc1C)c1cc(C)cc(O)c1C(C)(C)C. The number of phenolic OH excluding ortho intramolecular Hbond substituents is 2. The largest absolute Gasteiger partial charge is 0.508 e. The minimum Gasteiger partial charge on any atom is -0.508 e. The molecule has 0 saturated heterocycles. The lowest BCUT2D eigenvalue weighted by molar-refractivity contribution is 0.439. The van der Waals surface area contributed by atoms with E-state index in [1.165, 1.54) is 11.1 Å². The molecule has 0 aliphatic carbocycles. The smallest absolute Gasteiger partial charge is 0.119 e. The highest BCUT2D eigenvalue weighted by Crippen LogP contribution is 2.44. The second kappa shape index (κ2) is 7.81. The lowest BCUT2D eigenvalue weighted by atomic mass is 9.74. The Morgan fingerprint density at radius 1 is 0.786 bits per heavy atom. The maximum absolute atomic E-state index is 10.8. The zero-order valence-corrected chi connectivity index (χ0v) is 19.2. The summed E-state index contributed by atoms with van der Waals surface area (Å²) in [7, 11) is 0. The fraction of sp³-hybridized carbons (Fsp3) is 0.538. The zero-order chi connectivity index (χ0) is 21.4.